The number of rotatable bonds is 12. The number of anilines is 1. The minimum absolute atomic E-state index is 0.0177. The van der Waals surface area contributed by atoms with Crippen LogP contribution in [0.1, 0.15) is 80.5 Å². The van der Waals surface area contributed by atoms with E-state index in [0.29, 0.717) is 29.9 Å². The normalized spacial score (nSPS) is 18.4. The zero-order valence-electron chi connectivity index (χ0n) is 26.2. The van der Waals surface area contributed by atoms with Gasteiger partial charge < -0.3 is 24.2 Å². The minimum Gasteiger partial charge on any atom is -0.405 e. The zero-order valence-corrected chi connectivity index (χ0v) is 27.0. The third-order valence-electron chi connectivity index (χ3n) is 8.27. The molecule has 1 saturated carbocycles. The average molecular weight is 679 g/mol. The summed E-state index contributed by atoms with van der Waals surface area (Å²) in [5.74, 6) is -0.471. The monoisotopic (exact) mass is 678 g/mol. The molecule has 47 heavy (non-hydrogen) atoms. The van der Waals surface area contributed by atoms with Crippen molar-refractivity contribution in [3.63, 3.8) is 0 Å². The number of likely N-dealkylation sites (tertiary alicyclic amines) is 1. The van der Waals surface area contributed by atoms with Gasteiger partial charge in [0.1, 0.15) is 17.2 Å². The van der Waals surface area contributed by atoms with Gasteiger partial charge in [0.05, 0.1) is 24.5 Å². The Kier molecular flexibility index (Phi) is 10.2. The van der Waals surface area contributed by atoms with E-state index in [2.05, 4.69) is 15.2 Å². The van der Waals surface area contributed by atoms with Crippen molar-refractivity contribution in [3.8, 4) is 17.0 Å². The lowest BCUT2D eigenvalue weighted by molar-refractivity contribution is -0.274. The Bertz CT molecular complexity index is 1690. The van der Waals surface area contributed by atoms with E-state index in [0.717, 1.165) is 19.3 Å². The summed E-state index contributed by atoms with van der Waals surface area (Å²) in [6, 6.07) is 10.9. The van der Waals surface area contributed by atoms with Gasteiger partial charge in [0.15, 0.2) is 0 Å². The van der Waals surface area contributed by atoms with Crippen LogP contribution in [0.4, 0.5) is 23.7 Å². The maximum atomic E-state index is 13.5. The second-order valence-corrected chi connectivity index (χ2v) is 14.2. The lowest BCUT2D eigenvalue weighted by atomic mass is 10.0. The fourth-order valence-corrected chi connectivity index (χ4v) is 6.18. The molecule has 2 fully saturated rings. The molecule has 1 aromatic heterocycles. The molecule has 2 aromatic carbocycles. The lowest BCUT2D eigenvalue weighted by Crippen LogP contribution is -2.45. The summed E-state index contributed by atoms with van der Waals surface area (Å²) in [6.45, 7) is 5.09. The first-order valence-electron chi connectivity index (χ1n) is 15.4. The molecular weight excluding hydrogens is 641 g/mol. The molecular formula is C32H37F3N4O7S. The number of alkyl halides is 3. The van der Waals surface area contributed by atoms with Crippen molar-refractivity contribution in [3.05, 3.63) is 65.4 Å². The maximum absolute atomic E-state index is 13.5. The van der Waals surface area contributed by atoms with E-state index in [4.69, 9.17) is 9.26 Å². The molecule has 254 valence electrons. The molecule has 0 spiro atoms. The fraction of sp³-hybridized carbons (Fsp3) is 0.469. The SMILES string of the molecule is CCC1CCC(COCc2c(-c3ccccc3OC(F)(F)F)noc2C2CC2)N1C(=O)Nc1ccc(C(=O)NS(=O)(=O)C(C)C)cc1. The smallest absolute Gasteiger partial charge is 0.405 e. The predicted molar refractivity (Wildman–Crippen MR) is 166 cm³/mol. The molecule has 2 heterocycles. The van der Waals surface area contributed by atoms with Gasteiger partial charge in [0, 0.05) is 34.3 Å². The van der Waals surface area contributed by atoms with E-state index in [1.165, 1.54) is 56.3 Å². The molecule has 0 bridgehead atoms. The number of urea groups is 1. The predicted octanol–water partition coefficient (Wildman–Crippen LogP) is 6.58. The Labute approximate surface area is 270 Å². The van der Waals surface area contributed by atoms with Gasteiger partial charge in [-0.3, -0.25) is 4.79 Å². The first-order valence-corrected chi connectivity index (χ1v) is 17.0. The Morgan fingerprint density at radius 1 is 1.04 bits per heavy atom. The number of hydrogen-bond donors (Lipinski definition) is 2. The van der Waals surface area contributed by atoms with Crippen molar-refractivity contribution < 1.29 is 45.2 Å². The van der Waals surface area contributed by atoms with Crippen molar-refractivity contribution in [2.45, 2.75) is 89.1 Å². The van der Waals surface area contributed by atoms with Crippen LogP contribution in [-0.2, 0) is 21.4 Å². The van der Waals surface area contributed by atoms with Gasteiger partial charge in [-0.2, -0.15) is 0 Å². The molecule has 0 radical (unpaired) electrons. The number of benzene rings is 2. The number of ether oxygens (including phenoxy) is 2. The lowest BCUT2D eigenvalue weighted by Gasteiger charge is -2.30. The Morgan fingerprint density at radius 3 is 2.36 bits per heavy atom. The van der Waals surface area contributed by atoms with E-state index in [1.54, 1.807) is 11.0 Å². The van der Waals surface area contributed by atoms with Crippen LogP contribution in [0.2, 0.25) is 0 Å². The number of hydrogen-bond acceptors (Lipinski definition) is 8. The second kappa shape index (κ2) is 13.9. The van der Waals surface area contributed by atoms with Crippen LogP contribution in [0.25, 0.3) is 11.3 Å². The number of nitrogens with zero attached hydrogens (tertiary/aromatic N) is 2. The number of amides is 3. The molecule has 1 aliphatic carbocycles. The topological polar surface area (TPSA) is 140 Å². The molecule has 3 aromatic rings. The summed E-state index contributed by atoms with van der Waals surface area (Å²) in [5.41, 5.74) is 1.45. The number of sulfonamides is 1. The first kappa shape index (κ1) is 34.2. The summed E-state index contributed by atoms with van der Waals surface area (Å²) in [6.07, 6.45) is -0.977. The second-order valence-electron chi connectivity index (χ2n) is 11.9. The highest BCUT2D eigenvalue weighted by Crippen LogP contribution is 2.45. The molecule has 2 aliphatic rings. The summed E-state index contributed by atoms with van der Waals surface area (Å²) in [7, 11) is -3.80. The maximum Gasteiger partial charge on any atom is 0.573 e. The third-order valence-corrected chi connectivity index (χ3v) is 9.98. The molecule has 1 saturated heterocycles. The highest BCUT2D eigenvalue weighted by atomic mass is 32.2. The Morgan fingerprint density at radius 2 is 1.72 bits per heavy atom. The minimum atomic E-state index is -4.88. The highest BCUT2D eigenvalue weighted by Gasteiger charge is 2.38. The van der Waals surface area contributed by atoms with Crippen molar-refractivity contribution in [2.75, 3.05) is 11.9 Å². The largest absolute Gasteiger partial charge is 0.573 e. The van der Waals surface area contributed by atoms with Crippen LogP contribution >= 0.6 is 0 Å². The van der Waals surface area contributed by atoms with Crippen molar-refractivity contribution in [1.29, 1.82) is 0 Å². The van der Waals surface area contributed by atoms with Crippen LogP contribution < -0.4 is 14.8 Å². The summed E-state index contributed by atoms with van der Waals surface area (Å²) in [4.78, 5) is 27.6. The summed E-state index contributed by atoms with van der Waals surface area (Å²) < 4.78 is 81.5. The van der Waals surface area contributed by atoms with Gasteiger partial charge in [0.2, 0.25) is 10.0 Å². The molecule has 11 nitrogen and oxygen atoms in total. The summed E-state index contributed by atoms with van der Waals surface area (Å²) >= 11 is 0. The van der Waals surface area contributed by atoms with Crippen LogP contribution in [0.3, 0.4) is 0 Å². The zero-order chi connectivity index (χ0) is 33.9. The molecule has 15 heteroatoms. The highest BCUT2D eigenvalue weighted by molar-refractivity contribution is 7.90. The van der Waals surface area contributed by atoms with Crippen LogP contribution in [0, 0.1) is 0 Å². The number of aromatic nitrogens is 1. The van der Waals surface area contributed by atoms with Gasteiger partial charge in [-0.25, -0.2) is 17.9 Å². The van der Waals surface area contributed by atoms with Crippen molar-refractivity contribution >= 4 is 27.6 Å². The van der Waals surface area contributed by atoms with E-state index in [-0.39, 0.29) is 54.1 Å². The quantitative estimate of drug-likeness (QED) is 0.219. The average Bonchev–Trinajstić information content (AvgIpc) is 3.63. The molecule has 5 rings (SSSR count). The van der Waals surface area contributed by atoms with E-state index < -0.39 is 33.3 Å². The van der Waals surface area contributed by atoms with Crippen LogP contribution in [-0.4, -0.2) is 60.7 Å². The van der Waals surface area contributed by atoms with Crippen LogP contribution in [0.15, 0.2) is 53.1 Å². The fourth-order valence-electron chi connectivity index (χ4n) is 5.57. The summed E-state index contributed by atoms with van der Waals surface area (Å²) in [5, 5.41) is 6.19. The van der Waals surface area contributed by atoms with E-state index >= 15 is 0 Å². The molecule has 2 atom stereocenters. The van der Waals surface area contributed by atoms with E-state index in [1.807, 2.05) is 11.6 Å². The van der Waals surface area contributed by atoms with Gasteiger partial charge in [-0.05, 0) is 82.3 Å². The van der Waals surface area contributed by atoms with Crippen LogP contribution in [0.5, 0.6) is 5.75 Å². The molecule has 2 N–H and O–H groups in total. The molecule has 1 aliphatic heterocycles. The third kappa shape index (κ3) is 8.25. The van der Waals surface area contributed by atoms with Gasteiger partial charge >= 0.3 is 12.4 Å². The number of nitrogens with one attached hydrogen (secondary N) is 2. The van der Waals surface area contributed by atoms with E-state index in [9.17, 15) is 31.2 Å². The Balaban J connectivity index is 1.26. The molecule has 3 amide bonds. The number of carbonyl (C=O) groups excluding carboxylic acids is 2. The van der Waals surface area contributed by atoms with Gasteiger partial charge in [0.25, 0.3) is 5.91 Å². The van der Waals surface area contributed by atoms with Gasteiger partial charge in [-0.15, -0.1) is 13.2 Å². The van der Waals surface area contributed by atoms with Gasteiger partial charge in [-0.1, -0.05) is 24.2 Å². The first-order chi connectivity index (χ1) is 22.3. The van der Waals surface area contributed by atoms with Crippen molar-refractivity contribution in [2.24, 2.45) is 0 Å². The number of para-hydroxylation sites is 1. The number of halogens is 3. The standard InChI is InChI=1S/C32H37F3N4O7S/c1-4-23-15-16-24(39(23)31(41)36-22-13-11-21(12-14-22)30(40)38-47(42,43)19(2)3)17-44-18-26-28(37-46-29(26)20-9-10-20)25-7-5-6-8-27(25)45-32(33,34)35/h5-8,11-14,19-20,23-24H,4,9-10,15-18H2,1-3H3,(H,36,41)(H,38,40). The Hall–Kier alpha value is -4.11. The van der Waals surface area contributed by atoms with Crippen molar-refractivity contribution in [1.82, 2.24) is 14.8 Å². The number of carbonyl (C=O) groups is 2. The molecule has 2 unspecified atom stereocenters.